The summed E-state index contributed by atoms with van der Waals surface area (Å²) in [4.78, 5) is 34.0. The number of hydrogen-bond acceptors (Lipinski definition) is 3. The average Bonchev–Trinajstić information content (AvgIpc) is 2.35. The molecule has 0 saturated heterocycles. The largest absolute Gasteiger partial charge is 0.481 e. The van der Waals surface area contributed by atoms with Crippen LogP contribution in [0.3, 0.4) is 0 Å². The van der Waals surface area contributed by atoms with Crippen molar-refractivity contribution in [3.05, 3.63) is 0 Å². The van der Waals surface area contributed by atoms with Crippen LogP contribution in [0, 0.1) is 11.8 Å². The van der Waals surface area contributed by atoms with Crippen LogP contribution in [0.2, 0.25) is 0 Å². The zero-order chi connectivity index (χ0) is 15.7. The second-order valence-electron chi connectivity index (χ2n) is 5.16. The summed E-state index contributed by atoms with van der Waals surface area (Å²) in [6, 6.07) is -1.21. The molecule has 0 aromatic rings. The average molecular weight is 287 g/mol. The highest BCUT2D eigenvalue weighted by Crippen LogP contribution is 2.00. The first-order valence-electron chi connectivity index (χ1n) is 6.82. The number of carboxylic acid groups (broad SMARTS) is 1. The van der Waals surface area contributed by atoms with E-state index in [-0.39, 0.29) is 12.5 Å². The molecule has 0 rings (SSSR count). The van der Waals surface area contributed by atoms with Crippen molar-refractivity contribution in [3.63, 3.8) is 0 Å². The third-order valence-corrected chi connectivity index (χ3v) is 2.78. The van der Waals surface area contributed by atoms with Crippen LogP contribution >= 0.6 is 0 Å². The van der Waals surface area contributed by atoms with Gasteiger partial charge in [0.15, 0.2) is 0 Å². The van der Waals surface area contributed by atoms with Crippen LogP contribution in [0.4, 0.5) is 4.79 Å². The van der Waals surface area contributed by atoms with E-state index in [0.717, 1.165) is 0 Å². The molecular weight excluding hydrogens is 262 g/mol. The molecule has 0 spiro atoms. The van der Waals surface area contributed by atoms with Crippen LogP contribution in [-0.2, 0) is 9.59 Å². The van der Waals surface area contributed by atoms with Crippen molar-refractivity contribution in [2.45, 2.75) is 40.2 Å². The Balaban J connectivity index is 4.07. The van der Waals surface area contributed by atoms with Crippen LogP contribution in [-0.4, -0.2) is 42.1 Å². The molecule has 7 heteroatoms. The van der Waals surface area contributed by atoms with Gasteiger partial charge in [-0.3, -0.25) is 9.59 Å². The van der Waals surface area contributed by atoms with E-state index in [1.54, 1.807) is 13.8 Å². The van der Waals surface area contributed by atoms with Gasteiger partial charge in [0.05, 0.1) is 5.92 Å². The summed E-state index contributed by atoms with van der Waals surface area (Å²) in [5.74, 6) is -1.50. The maximum atomic E-state index is 11.6. The fourth-order valence-electron chi connectivity index (χ4n) is 1.39. The highest BCUT2D eigenvalue weighted by Gasteiger charge is 2.18. The van der Waals surface area contributed by atoms with Gasteiger partial charge in [0.1, 0.15) is 6.04 Å². The lowest BCUT2D eigenvalue weighted by Crippen LogP contribution is -2.50. The molecule has 3 amide bonds. The first-order valence-corrected chi connectivity index (χ1v) is 6.82. The topological polar surface area (TPSA) is 108 Å². The van der Waals surface area contributed by atoms with Gasteiger partial charge in [0.25, 0.3) is 0 Å². The van der Waals surface area contributed by atoms with Gasteiger partial charge < -0.3 is 21.1 Å². The van der Waals surface area contributed by atoms with Gasteiger partial charge in [-0.05, 0) is 19.3 Å². The Morgan fingerprint density at radius 1 is 1.05 bits per heavy atom. The summed E-state index contributed by atoms with van der Waals surface area (Å²) in [5, 5.41) is 16.5. The first kappa shape index (κ1) is 18.2. The number of urea groups is 1. The van der Waals surface area contributed by atoms with Crippen molar-refractivity contribution < 1.29 is 19.5 Å². The van der Waals surface area contributed by atoms with Crippen LogP contribution in [0.15, 0.2) is 0 Å². The zero-order valence-corrected chi connectivity index (χ0v) is 12.5. The van der Waals surface area contributed by atoms with E-state index in [1.807, 2.05) is 13.8 Å². The van der Waals surface area contributed by atoms with Crippen molar-refractivity contribution >= 4 is 17.9 Å². The van der Waals surface area contributed by atoms with Gasteiger partial charge in [0, 0.05) is 13.1 Å². The Morgan fingerprint density at radius 2 is 1.65 bits per heavy atom. The minimum Gasteiger partial charge on any atom is -0.481 e. The Hall–Kier alpha value is -1.79. The second kappa shape index (κ2) is 9.17. The highest BCUT2D eigenvalue weighted by atomic mass is 16.4. The second-order valence-corrected chi connectivity index (χ2v) is 5.16. The fourth-order valence-corrected chi connectivity index (χ4v) is 1.39. The van der Waals surface area contributed by atoms with E-state index in [1.165, 1.54) is 0 Å². The van der Waals surface area contributed by atoms with Crippen molar-refractivity contribution in [3.8, 4) is 0 Å². The lowest BCUT2D eigenvalue weighted by Gasteiger charge is -2.17. The first-order chi connectivity index (χ1) is 9.27. The summed E-state index contributed by atoms with van der Waals surface area (Å²) in [6.45, 7) is 7.84. The van der Waals surface area contributed by atoms with E-state index in [9.17, 15) is 14.4 Å². The summed E-state index contributed by atoms with van der Waals surface area (Å²) in [5.41, 5.74) is 0. The molecule has 0 aliphatic heterocycles. The molecule has 2 unspecified atom stereocenters. The van der Waals surface area contributed by atoms with Crippen LogP contribution in [0.25, 0.3) is 0 Å². The number of carbonyl (C=O) groups is 3. The molecule has 0 aromatic carbocycles. The lowest BCUT2D eigenvalue weighted by atomic mass is 10.1. The summed E-state index contributed by atoms with van der Waals surface area (Å²) < 4.78 is 0. The smallest absolute Gasteiger partial charge is 0.315 e. The molecule has 0 radical (unpaired) electrons. The summed E-state index contributed by atoms with van der Waals surface area (Å²) >= 11 is 0. The third-order valence-electron chi connectivity index (χ3n) is 2.78. The molecule has 20 heavy (non-hydrogen) atoms. The predicted octanol–water partition coefficient (Wildman–Crippen LogP) is 0.557. The molecule has 0 aromatic heterocycles. The number of aliphatic carboxylic acids is 1. The number of carboxylic acids is 1. The molecule has 0 heterocycles. The summed E-state index contributed by atoms with van der Waals surface area (Å²) in [7, 11) is 0. The molecule has 0 fully saturated rings. The Kier molecular flexibility index (Phi) is 8.35. The van der Waals surface area contributed by atoms with E-state index >= 15 is 0 Å². The quantitative estimate of drug-likeness (QED) is 0.523. The van der Waals surface area contributed by atoms with Gasteiger partial charge in [-0.25, -0.2) is 4.79 Å². The van der Waals surface area contributed by atoms with Gasteiger partial charge in [-0.1, -0.05) is 20.8 Å². The molecule has 0 aliphatic carbocycles. The van der Waals surface area contributed by atoms with E-state index in [2.05, 4.69) is 16.0 Å². The van der Waals surface area contributed by atoms with Crippen LogP contribution in [0.5, 0.6) is 0 Å². The highest BCUT2D eigenvalue weighted by molar-refractivity contribution is 5.86. The Morgan fingerprint density at radius 3 is 2.10 bits per heavy atom. The van der Waals surface area contributed by atoms with Crippen molar-refractivity contribution in [2.24, 2.45) is 11.8 Å². The summed E-state index contributed by atoms with van der Waals surface area (Å²) in [6.07, 6.45) is 0.431. The van der Waals surface area contributed by atoms with Crippen molar-refractivity contribution in [1.82, 2.24) is 16.0 Å². The van der Waals surface area contributed by atoms with Crippen molar-refractivity contribution in [2.75, 3.05) is 13.1 Å². The molecule has 0 saturated carbocycles. The van der Waals surface area contributed by atoms with Crippen LogP contribution in [0.1, 0.15) is 34.1 Å². The number of rotatable bonds is 8. The third kappa shape index (κ3) is 7.60. The monoisotopic (exact) mass is 287 g/mol. The van der Waals surface area contributed by atoms with Crippen LogP contribution < -0.4 is 16.0 Å². The van der Waals surface area contributed by atoms with Gasteiger partial charge in [-0.2, -0.15) is 0 Å². The standard InChI is InChI=1S/C13H25N3O4/c1-5-10(12(18)19)7-15-13(20)16-9(4)11(17)14-6-8(2)3/h8-10H,5-7H2,1-4H3,(H,14,17)(H,18,19)(H2,15,16,20). The Bertz CT molecular complexity index is 345. The predicted molar refractivity (Wildman–Crippen MR) is 75.3 cm³/mol. The normalized spacial score (nSPS) is 13.4. The van der Waals surface area contributed by atoms with Crippen molar-refractivity contribution in [1.29, 1.82) is 0 Å². The number of amides is 3. The van der Waals surface area contributed by atoms with Gasteiger partial charge in [0.2, 0.25) is 5.91 Å². The molecular formula is C13H25N3O4. The molecule has 0 bridgehead atoms. The molecule has 4 N–H and O–H groups in total. The van der Waals surface area contributed by atoms with E-state index in [0.29, 0.717) is 18.9 Å². The molecule has 7 nitrogen and oxygen atoms in total. The molecule has 2 atom stereocenters. The lowest BCUT2D eigenvalue weighted by molar-refractivity contribution is -0.141. The number of nitrogens with one attached hydrogen (secondary N) is 3. The molecule has 116 valence electrons. The zero-order valence-electron chi connectivity index (χ0n) is 12.5. The van der Waals surface area contributed by atoms with E-state index in [4.69, 9.17) is 5.11 Å². The maximum absolute atomic E-state index is 11.6. The minimum absolute atomic E-state index is 0.0397. The molecule has 0 aliphatic rings. The number of hydrogen-bond donors (Lipinski definition) is 4. The fraction of sp³-hybridized carbons (Fsp3) is 0.769. The SMILES string of the molecule is CCC(CNC(=O)NC(C)C(=O)NCC(C)C)C(=O)O. The van der Waals surface area contributed by atoms with Gasteiger partial charge in [-0.15, -0.1) is 0 Å². The van der Waals surface area contributed by atoms with Gasteiger partial charge >= 0.3 is 12.0 Å². The Labute approximate surface area is 119 Å². The minimum atomic E-state index is -0.949. The van der Waals surface area contributed by atoms with E-state index < -0.39 is 24.0 Å². The number of carbonyl (C=O) groups excluding carboxylic acids is 2. The maximum Gasteiger partial charge on any atom is 0.315 e.